The maximum absolute atomic E-state index is 13.0. The maximum Gasteiger partial charge on any atom is 0.141 e. The first-order chi connectivity index (χ1) is 8.97. The molecule has 0 radical (unpaired) electrons. The summed E-state index contributed by atoms with van der Waals surface area (Å²) < 4.78 is 25.2. The van der Waals surface area contributed by atoms with Crippen LogP contribution in [0.25, 0.3) is 0 Å². The fourth-order valence-electron chi connectivity index (χ4n) is 1.52. The van der Waals surface area contributed by atoms with Gasteiger partial charge >= 0.3 is 0 Å². The highest BCUT2D eigenvalue weighted by Crippen LogP contribution is 2.24. The first-order valence-corrected chi connectivity index (χ1v) is 7.42. The molecule has 0 aliphatic carbocycles. The van der Waals surface area contributed by atoms with Crippen molar-refractivity contribution in [3.63, 3.8) is 0 Å². The van der Waals surface area contributed by atoms with E-state index in [-0.39, 0.29) is 10.8 Å². The van der Waals surface area contributed by atoms with Crippen LogP contribution in [0.5, 0.6) is 0 Å². The van der Waals surface area contributed by atoms with Gasteiger partial charge in [-0.3, -0.25) is 4.21 Å². The molecular weight excluding hydrogens is 308 g/mol. The van der Waals surface area contributed by atoms with Crippen molar-refractivity contribution in [3.8, 4) is 0 Å². The van der Waals surface area contributed by atoms with Crippen LogP contribution in [0.4, 0.5) is 10.1 Å². The number of halogens is 3. The van der Waals surface area contributed by atoms with Gasteiger partial charge in [-0.1, -0.05) is 29.3 Å². The van der Waals surface area contributed by atoms with Crippen LogP contribution in [-0.4, -0.2) is 4.21 Å². The monoisotopic (exact) mass is 317 g/mol. The van der Waals surface area contributed by atoms with Crippen molar-refractivity contribution in [2.75, 3.05) is 5.73 Å². The Balaban J connectivity index is 2.23. The molecule has 0 amide bonds. The SMILES string of the molecule is Nc1ccc(CS(=O)c2ccc(F)c(Cl)c2)c(Cl)c1. The third-order valence-electron chi connectivity index (χ3n) is 2.52. The molecule has 0 fully saturated rings. The molecule has 0 aromatic heterocycles. The number of hydrogen-bond acceptors (Lipinski definition) is 2. The second-order valence-corrected chi connectivity index (χ2v) is 6.18. The van der Waals surface area contributed by atoms with Crippen molar-refractivity contribution in [3.05, 3.63) is 57.8 Å². The van der Waals surface area contributed by atoms with E-state index in [0.29, 0.717) is 15.6 Å². The van der Waals surface area contributed by atoms with Gasteiger partial charge in [0.15, 0.2) is 0 Å². The largest absolute Gasteiger partial charge is 0.399 e. The van der Waals surface area contributed by atoms with Gasteiger partial charge in [0.25, 0.3) is 0 Å². The molecule has 0 bridgehead atoms. The molecule has 6 heteroatoms. The van der Waals surface area contributed by atoms with Gasteiger partial charge in [0.1, 0.15) is 5.82 Å². The van der Waals surface area contributed by atoms with Crippen LogP contribution in [0, 0.1) is 5.82 Å². The van der Waals surface area contributed by atoms with E-state index in [0.717, 1.165) is 5.56 Å². The molecule has 0 saturated heterocycles. The highest BCUT2D eigenvalue weighted by atomic mass is 35.5. The predicted octanol–water partition coefficient (Wildman–Crippen LogP) is 4.02. The normalized spacial score (nSPS) is 12.4. The summed E-state index contributed by atoms with van der Waals surface area (Å²) in [5.41, 5.74) is 6.85. The van der Waals surface area contributed by atoms with E-state index < -0.39 is 16.6 Å². The lowest BCUT2D eigenvalue weighted by Gasteiger charge is -2.06. The minimum absolute atomic E-state index is 0.0470. The highest BCUT2D eigenvalue weighted by Gasteiger charge is 2.10. The van der Waals surface area contributed by atoms with E-state index in [1.165, 1.54) is 18.2 Å². The Bertz CT molecular complexity index is 649. The van der Waals surface area contributed by atoms with E-state index in [4.69, 9.17) is 28.9 Å². The summed E-state index contributed by atoms with van der Waals surface area (Å²) in [5.74, 6) is -0.311. The van der Waals surface area contributed by atoms with Crippen molar-refractivity contribution < 1.29 is 8.60 Å². The first-order valence-electron chi connectivity index (χ1n) is 5.34. The molecule has 2 N–H and O–H groups in total. The Morgan fingerprint density at radius 3 is 2.47 bits per heavy atom. The van der Waals surface area contributed by atoms with Gasteiger partial charge in [-0.15, -0.1) is 0 Å². The van der Waals surface area contributed by atoms with E-state index >= 15 is 0 Å². The molecule has 2 aromatic rings. The molecule has 0 aliphatic rings. The van der Waals surface area contributed by atoms with Gasteiger partial charge in [0, 0.05) is 15.6 Å². The molecule has 2 aromatic carbocycles. The van der Waals surface area contributed by atoms with Crippen molar-refractivity contribution >= 4 is 39.7 Å². The number of anilines is 1. The van der Waals surface area contributed by atoms with Gasteiger partial charge in [-0.25, -0.2) is 4.39 Å². The topological polar surface area (TPSA) is 43.1 Å². The summed E-state index contributed by atoms with van der Waals surface area (Å²) >= 11 is 11.7. The Hall–Kier alpha value is -1.10. The van der Waals surface area contributed by atoms with Crippen LogP contribution >= 0.6 is 23.2 Å². The summed E-state index contributed by atoms with van der Waals surface area (Å²) in [7, 11) is -1.35. The van der Waals surface area contributed by atoms with Crippen LogP contribution in [-0.2, 0) is 16.6 Å². The molecule has 0 heterocycles. The van der Waals surface area contributed by atoms with E-state index in [1.807, 2.05) is 0 Å². The van der Waals surface area contributed by atoms with Gasteiger partial charge in [-0.2, -0.15) is 0 Å². The van der Waals surface area contributed by atoms with Crippen LogP contribution in [0.3, 0.4) is 0 Å². The molecule has 0 aliphatic heterocycles. The second kappa shape index (κ2) is 5.90. The maximum atomic E-state index is 13.0. The van der Waals surface area contributed by atoms with E-state index in [1.54, 1.807) is 18.2 Å². The molecule has 19 heavy (non-hydrogen) atoms. The summed E-state index contributed by atoms with van der Waals surface area (Å²) in [6.07, 6.45) is 0. The third-order valence-corrected chi connectivity index (χ3v) is 4.51. The van der Waals surface area contributed by atoms with Gasteiger partial charge in [0.2, 0.25) is 0 Å². The minimum atomic E-state index is -1.35. The summed E-state index contributed by atoms with van der Waals surface area (Å²) in [4.78, 5) is 0.458. The van der Waals surface area contributed by atoms with Crippen molar-refractivity contribution in [1.82, 2.24) is 0 Å². The van der Waals surface area contributed by atoms with Crippen molar-refractivity contribution in [2.45, 2.75) is 10.6 Å². The number of rotatable bonds is 3. The zero-order chi connectivity index (χ0) is 14.0. The summed E-state index contributed by atoms with van der Waals surface area (Å²) in [5, 5.41) is 0.413. The Morgan fingerprint density at radius 1 is 1.11 bits per heavy atom. The molecular formula is C13H10Cl2FNOS. The van der Waals surface area contributed by atoms with Crippen LogP contribution in [0.15, 0.2) is 41.3 Å². The molecule has 0 spiro atoms. The molecule has 100 valence electrons. The Kier molecular flexibility index (Phi) is 4.45. The Labute approximate surface area is 122 Å². The molecule has 1 atom stereocenters. The zero-order valence-corrected chi connectivity index (χ0v) is 12.0. The number of hydrogen-bond donors (Lipinski definition) is 1. The van der Waals surface area contributed by atoms with Gasteiger partial charge < -0.3 is 5.73 Å². The van der Waals surface area contributed by atoms with Gasteiger partial charge in [-0.05, 0) is 35.9 Å². The number of nitrogen functional groups attached to an aromatic ring is 1. The van der Waals surface area contributed by atoms with E-state index in [9.17, 15) is 8.60 Å². The standard InChI is InChI=1S/C13H10Cl2FNOS/c14-11-5-9(17)2-1-8(11)7-19(18)10-3-4-13(16)12(15)6-10/h1-6H,7,17H2. The fraction of sp³-hybridized carbons (Fsp3) is 0.0769. The summed E-state index contributed by atoms with van der Waals surface area (Å²) in [6, 6.07) is 9.02. The lowest BCUT2D eigenvalue weighted by molar-refractivity contribution is 0.626. The lowest BCUT2D eigenvalue weighted by atomic mass is 10.2. The lowest BCUT2D eigenvalue weighted by Crippen LogP contribution is -1.98. The van der Waals surface area contributed by atoms with Crippen LogP contribution in [0.1, 0.15) is 5.56 Å². The molecule has 1 unspecified atom stereocenters. The molecule has 0 saturated carbocycles. The summed E-state index contributed by atoms with van der Waals surface area (Å²) in [6.45, 7) is 0. The molecule has 2 rings (SSSR count). The average Bonchev–Trinajstić information content (AvgIpc) is 2.36. The number of benzene rings is 2. The Morgan fingerprint density at radius 2 is 1.84 bits per heavy atom. The van der Waals surface area contributed by atoms with Gasteiger partial charge in [0.05, 0.1) is 21.6 Å². The minimum Gasteiger partial charge on any atom is -0.399 e. The quantitative estimate of drug-likeness (QED) is 0.869. The fourth-order valence-corrected chi connectivity index (χ4v) is 3.27. The average molecular weight is 318 g/mol. The zero-order valence-electron chi connectivity index (χ0n) is 9.70. The molecule has 2 nitrogen and oxygen atoms in total. The van der Waals surface area contributed by atoms with Crippen molar-refractivity contribution in [2.24, 2.45) is 0 Å². The predicted molar refractivity (Wildman–Crippen MR) is 77.4 cm³/mol. The first kappa shape index (κ1) is 14.3. The van der Waals surface area contributed by atoms with Crippen LogP contribution < -0.4 is 5.73 Å². The third kappa shape index (κ3) is 3.47. The highest BCUT2D eigenvalue weighted by molar-refractivity contribution is 7.84. The second-order valence-electron chi connectivity index (χ2n) is 3.92. The smallest absolute Gasteiger partial charge is 0.141 e. The van der Waals surface area contributed by atoms with E-state index in [2.05, 4.69) is 0 Å². The number of nitrogens with two attached hydrogens (primary N) is 1. The van der Waals surface area contributed by atoms with Crippen molar-refractivity contribution in [1.29, 1.82) is 0 Å². The van der Waals surface area contributed by atoms with Crippen LogP contribution in [0.2, 0.25) is 10.0 Å².